The number of benzene rings is 1. The summed E-state index contributed by atoms with van der Waals surface area (Å²) in [7, 11) is -3.91. The third kappa shape index (κ3) is 3.67. The number of nitrogens with zero attached hydrogens (tertiary/aromatic N) is 4. The predicted molar refractivity (Wildman–Crippen MR) is 93.0 cm³/mol. The van der Waals surface area contributed by atoms with Gasteiger partial charge in [0.2, 0.25) is 0 Å². The molecular weight excluding hydrogens is 414 g/mol. The Kier molecular flexibility index (Phi) is 4.51. The Morgan fingerprint density at radius 2 is 2.04 bits per heavy atom. The first-order valence-electron chi connectivity index (χ1n) is 6.80. The summed E-state index contributed by atoms with van der Waals surface area (Å²) in [5.74, 6) is 0.533. The lowest BCUT2D eigenvalue weighted by molar-refractivity contribution is -0.385. The van der Waals surface area contributed by atoms with Crippen molar-refractivity contribution in [2.24, 2.45) is 0 Å². The Hall–Kier alpha value is -2.79. The lowest BCUT2D eigenvalue weighted by Crippen LogP contribution is -2.13. The largest absolute Gasteiger partial charge is 0.283 e. The number of nitro groups is 1. The van der Waals surface area contributed by atoms with E-state index in [9.17, 15) is 18.5 Å². The highest BCUT2D eigenvalue weighted by molar-refractivity contribution is 9.10. The molecule has 0 aliphatic rings. The van der Waals surface area contributed by atoms with Gasteiger partial charge in [-0.2, -0.15) is 5.10 Å². The summed E-state index contributed by atoms with van der Waals surface area (Å²) in [6.07, 6.45) is 4.67. The molecule has 0 amide bonds. The minimum absolute atomic E-state index is 0.0764. The third-order valence-corrected chi connectivity index (χ3v) is 5.18. The number of nitro benzene ring substituents is 1. The van der Waals surface area contributed by atoms with Crippen LogP contribution in [0.25, 0.3) is 5.82 Å². The second kappa shape index (κ2) is 6.61. The molecule has 11 heteroatoms. The summed E-state index contributed by atoms with van der Waals surface area (Å²) < 4.78 is 28.8. The molecule has 2 heterocycles. The number of rotatable bonds is 5. The highest BCUT2D eigenvalue weighted by Crippen LogP contribution is 2.28. The second-order valence-electron chi connectivity index (χ2n) is 4.83. The zero-order valence-corrected chi connectivity index (χ0v) is 14.8. The van der Waals surface area contributed by atoms with E-state index in [0.29, 0.717) is 5.82 Å². The van der Waals surface area contributed by atoms with E-state index in [1.54, 1.807) is 30.6 Å². The molecular formula is C14H10BrN5O4S. The molecule has 0 aliphatic carbocycles. The molecule has 0 saturated carbocycles. The van der Waals surface area contributed by atoms with Crippen LogP contribution in [0.2, 0.25) is 0 Å². The van der Waals surface area contributed by atoms with Crippen LogP contribution in [0.15, 0.2) is 64.4 Å². The Morgan fingerprint density at radius 3 is 2.60 bits per heavy atom. The van der Waals surface area contributed by atoms with Crippen LogP contribution in [0.3, 0.4) is 0 Å². The molecule has 25 heavy (non-hydrogen) atoms. The minimum Gasteiger partial charge on any atom is -0.278 e. The van der Waals surface area contributed by atoms with Crippen molar-refractivity contribution in [1.82, 2.24) is 14.8 Å². The second-order valence-corrected chi connectivity index (χ2v) is 7.37. The first-order valence-corrected chi connectivity index (χ1v) is 9.07. The molecule has 0 bridgehead atoms. The van der Waals surface area contributed by atoms with Gasteiger partial charge in [-0.05, 0) is 46.3 Å². The van der Waals surface area contributed by atoms with E-state index in [2.05, 4.69) is 30.7 Å². The fourth-order valence-corrected chi connectivity index (χ4v) is 3.75. The monoisotopic (exact) mass is 423 g/mol. The van der Waals surface area contributed by atoms with Crippen LogP contribution >= 0.6 is 15.9 Å². The molecule has 1 N–H and O–H groups in total. The summed E-state index contributed by atoms with van der Waals surface area (Å²) in [4.78, 5) is 14.2. The third-order valence-electron chi connectivity index (χ3n) is 3.17. The number of hydrogen-bond donors (Lipinski definition) is 1. The van der Waals surface area contributed by atoms with Gasteiger partial charge in [0.25, 0.3) is 15.7 Å². The van der Waals surface area contributed by atoms with E-state index in [-0.39, 0.29) is 20.7 Å². The Bertz CT molecular complexity index is 1020. The maximum Gasteiger partial charge on any atom is 0.283 e. The van der Waals surface area contributed by atoms with Gasteiger partial charge in [-0.25, -0.2) is 18.1 Å². The number of halogens is 1. The fraction of sp³-hybridized carbons (Fsp3) is 0. The van der Waals surface area contributed by atoms with Gasteiger partial charge in [0.1, 0.15) is 0 Å². The first kappa shape index (κ1) is 17.0. The standard InChI is InChI=1S/C14H10BrN5O4S/c15-12-8-11(3-4-13(12)20(21)22)25(23,24)18-10-2-5-14(16-9-10)19-7-1-6-17-19/h1-9,18H. The van der Waals surface area contributed by atoms with Gasteiger partial charge in [0.05, 0.1) is 26.2 Å². The van der Waals surface area contributed by atoms with Gasteiger partial charge in [-0.1, -0.05) is 0 Å². The van der Waals surface area contributed by atoms with Crippen LogP contribution in [0.1, 0.15) is 0 Å². The Morgan fingerprint density at radius 1 is 1.24 bits per heavy atom. The van der Waals surface area contributed by atoms with Crippen molar-refractivity contribution < 1.29 is 13.3 Å². The molecule has 9 nitrogen and oxygen atoms in total. The molecule has 0 atom stereocenters. The predicted octanol–water partition coefficient (Wildman–Crippen LogP) is 2.74. The Labute approximate surface area is 150 Å². The van der Waals surface area contributed by atoms with Gasteiger partial charge >= 0.3 is 0 Å². The van der Waals surface area contributed by atoms with E-state index in [0.717, 1.165) is 12.1 Å². The van der Waals surface area contributed by atoms with E-state index in [1.807, 2.05) is 0 Å². The van der Waals surface area contributed by atoms with E-state index in [1.165, 1.54) is 16.9 Å². The van der Waals surface area contributed by atoms with Crippen LogP contribution in [0.5, 0.6) is 0 Å². The molecule has 0 aliphatic heterocycles. The quantitative estimate of drug-likeness (QED) is 0.497. The maximum atomic E-state index is 12.4. The number of hydrogen-bond acceptors (Lipinski definition) is 6. The summed E-state index contributed by atoms with van der Waals surface area (Å²) in [5.41, 5.74) is 0.0366. The zero-order valence-electron chi connectivity index (χ0n) is 12.4. The van der Waals surface area contributed by atoms with Gasteiger partial charge in [0.15, 0.2) is 5.82 Å². The number of anilines is 1. The van der Waals surface area contributed by atoms with Crippen molar-refractivity contribution in [2.75, 3.05) is 4.72 Å². The van der Waals surface area contributed by atoms with Crippen LogP contribution in [0, 0.1) is 10.1 Å². The lowest BCUT2D eigenvalue weighted by Gasteiger charge is -2.09. The van der Waals surface area contributed by atoms with Crippen molar-refractivity contribution >= 4 is 37.3 Å². The van der Waals surface area contributed by atoms with E-state index >= 15 is 0 Å². The minimum atomic E-state index is -3.91. The average Bonchev–Trinajstić information content (AvgIpc) is 3.09. The van der Waals surface area contributed by atoms with Gasteiger partial charge in [0, 0.05) is 18.5 Å². The van der Waals surface area contributed by atoms with Gasteiger partial charge in [-0.3, -0.25) is 14.8 Å². The molecule has 3 aromatic rings. The first-order chi connectivity index (χ1) is 11.9. The van der Waals surface area contributed by atoms with Crippen molar-refractivity contribution in [2.45, 2.75) is 4.90 Å². The zero-order chi connectivity index (χ0) is 18.0. The van der Waals surface area contributed by atoms with Crippen molar-refractivity contribution in [3.05, 3.63) is 69.6 Å². The molecule has 0 saturated heterocycles. The van der Waals surface area contributed by atoms with Crippen molar-refractivity contribution in [3.8, 4) is 5.82 Å². The summed E-state index contributed by atoms with van der Waals surface area (Å²) in [5, 5.41) is 14.8. The summed E-state index contributed by atoms with van der Waals surface area (Å²) in [6, 6.07) is 8.35. The lowest BCUT2D eigenvalue weighted by atomic mass is 10.3. The SMILES string of the molecule is O=[N+]([O-])c1ccc(S(=O)(=O)Nc2ccc(-n3cccn3)nc2)cc1Br. The molecule has 1 aromatic carbocycles. The highest BCUT2D eigenvalue weighted by Gasteiger charge is 2.19. The van der Waals surface area contributed by atoms with E-state index in [4.69, 9.17) is 0 Å². The topological polar surface area (TPSA) is 120 Å². The van der Waals surface area contributed by atoms with Crippen LogP contribution in [0.4, 0.5) is 11.4 Å². The molecule has 3 rings (SSSR count). The molecule has 2 aromatic heterocycles. The van der Waals surface area contributed by atoms with Crippen molar-refractivity contribution in [1.29, 1.82) is 0 Å². The van der Waals surface area contributed by atoms with Gasteiger partial charge in [-0.15, -0.1) is 0 Å². The summed E-state index contributed by atoms with van der Waals surface area (Å²) >= 11 is 3.00. The molecule has 0 radical (unpaired) electrons. The van der Waals surface area contributed by atoms with E-state index < -0.39 is 14.9 Å². The maximum absolute atomic E-state index is 12.4. The van der Waals surface area contributed by atoms with Crippen LogP contribution in [-0.2, 0) is 10.0 Å². The van der Waals surface area contributed by atoms with Crippen LogP contribution in [-0.4, -0.2) is 28.1 Å². The van der Waals surface area contributed by atoms with Crippen molar-refractivity contribution in [3.63, 3.8) is 0 Å². The number of pyridine rings is 1. The van der Waals surface area contributed by atoms with Gasteiger partial charge < -0.3 is 0 Å². The summed E-state index contributed by atoms with van der Waals surface area (Å²) in [6.45, 7) is 0. The smallest absolute Gasteiger partial charge is 0.278 e. The average molecular weight is 424 g/mol. The molecule has 0 fully saturated rings. The van der Waals surface area contributed by atoms with Crippen LogP contribution < -0.4 is 4.72 Å². The number of aromatic nitrogens is 3. The molecule has 0 unspecified atom stereocenters. The molecule has 0 spiro atoms. The normalized spacial score (nSPS) is 11.2. The highest BCUT2D eigenvalue weighted by atomic mass is 79.9. The molecule has 128 valence electrons. The number of nitrogens with one attached hydrogen (secondary N) is 1. The Balaban J connectivity index is 1.84. The number of sulfonamides is 1. The fourth-order valence-electron chi connectivity index (χ4n) is 2.00.